The van der Waals surface area contributed by atoms with Crippen molar-refractivity contribution in [3.05, 3.63) is 69.2 Å². The topological polar surface area (TPSA) is 20.3 Å². The molecule has 1 aliphatic rings. The molecule has 0 bridgehead atoms. The van der Waals surface area contributed by atoms with Crippen molar-refractivity contribution in [1.29, 1.82) is 0 Å². The fourth-order valence-corrected chi connectivity index (χ4v) is 3.39. The fraction of sp³-hybridized carbons (Fsp3) is 0.316. The van der Waals surface area contributed by atoms with Crippen molar-refractivity contribution in [1.82, 2.24) is 4.90 Å². The van der Waals surface area contributed by atoms with E-state index < -0.39 is 0 Å². The highest BCUT2D eigenvalue weighted by Gasteiger charge is 2.15. The van der Waals surface area contributed by atoms with Gasteiger partial charge in [-0.1, -0.05) is 47.8 Å². The van der Waals surface area contributed by atoms with E-state index >= 15 is 0 Å². The number of hydrogen-bond acceptors (Lipinski definition) is 2. The SMILES string of the molecule is O=C(c1cccc(CN2CCCCC2)c1)c1cc(Cl)ccc1Cl. The van der Waals surface area contributed by atoms with Crippen LogP contribution in [0.3, 0.4) is 0 Å². The molecule has 1 heterocycles. The zero-order valence-corrected chi connectivity index (χ0v) is 14.4. The smallest absolute Gasteiger partial charge is 0.194 e. The van der Waals surface area contributed by atoms with Crippen LogP contribution in [0.4, 0.5) is 0 Å². The molecule has 23 heavy (non-hydrogen) atoms. The fourth-order valence-electron chi connectivity index (χ4n) is 3.01. The van der Waals surface area contributed by atoms with Crippen LogP contribution in [-0.2, 0) is 6.54 Å². The van der Waals surface area contributed by atoms with E-state index in [0.29, 0.717) is 21.2 Å². The standard InChI is InChI=1S/C19H19Cl2NO/c20-16-7-8-18(21)17(12-16)19(23)15-6-4-5-14(11-15)13-22-9-2-1-3-10-22/h4-8,11-12H,1-3,9-10,13H2. The summed E-state index contributed by atoms with van der Waals surface area (Å²) >= 11 is 12.1. The molecule has 4 heteroatoms. The summed E-state index contributed by atoms with van der Waals surface area (Å²) in [6.07, 6.45) is 3.84. The van der Waals surface area contributed by atoms with Crippen molar-refractivity contribution in [3.63, 3.8) is 0 Å². The van der Waals surface area contributed by atoms with Gasteiger partial charge in [0.1, 0.15) is 0 Å². The van der Waals surface area contributed by atoms with E-state index in [1.165, 1.54) is 19.3 Å². The molecule has 120 valence electrons. The van der Waals surface area contributed by atoms with Crippen LogP contribution in [0.1, 0.15) is 40.7 Å². The zero-order chi connectivity index (χ0) is 16.2. The first-order valence-electron chi connectivity index (χ1n) is 7.94. The number of piperidine rings is 1. The van der Waals surface area contributed by atoms with Gasteiger partial charge in [-0.15, -0.1) is 0 Å². The normalized spacial score (nSPS) is 15.6. The molecule has 2 aromatic rings. The van der Waals surface area contributed by atoms with Crippen molar-refractivity contribution in [2.75, 3.05) is 13.1 Å². The molecule has 0 unspecified atom stereocenters. The summed E-state index contributed by atoms with van der Waals surface area (Å²) in [5.41, 5.74) is 2.27. The van der Waals surface area contributed by atoms with E-state index in [9.17, 15) is 4.79 Å². The molecule has 1 saturated heterocycles. The number of nitrogens with zero attached hydrogens (tertiary/aromatic N) is 1. The molecule has 1 fully saturated rings. The lowest BCUT2D eigenvalue weighted by atomic mass is 10.0. The highest BCUT2D eigenvalue weighted by molar-refractivity contribution is 6.36. The lowest BCUT2D eigenvalue weighted by Gasteiger charge is -2.26. The predicted molar refractivity (Wildman–Crippen MR) is 95.5 cm³/mol. The quantitative estimate of drug-likeness (QED) is 0.707. The zero-order valence-electron chi connectivity index (χ0n) is 12.9. The van der Waals surface area contributed by atoms with Gasteiger partial charge in [-0.25, -0.2) is 0 Å². The average molecular weight is 348 g/mol. The van der Waals surface area contributed by atoms with Gasteiger partial charge in [-0.05, 0) is 55.8 Å². The average Bonchev–Trinajstić information content (AvgIpc) is 2.57. The van der Waals surface area contributed by atoms with Gasteiger partial charge in [0.15, 0.2) is 5.78 Å². The molecule has 0 amide bonds. The predicted octanol–water partition coefficient (Wildman–Crippen LogP) is 5.21. The summed E-state index contributed by atoms with van der Waals surface area (Å²) in [5.74, 6) is -0.0852. The molecule has 0 spiro atoms. The van der Waals surface area contributed by atoms with Crippen LogP contribution >= 0.6 is 23.2 Å². The van der Waals surface area contributed by atoms with E-state index in [1.54, 1.807) is 18.2 Å². The molecule has 3 rings (SSSR count). The highest BCUT2D eigenvalue weighted by Crippen LogP contribution is 2.24. The molecule has 2 aromatic carbocycles. The van der Waals surface area contributed by atoms with Crippen LogP contribution in [0.25, 0.3) is 0 Å². The van der Waals surface area contributed by atoms with E-state index in [1.807, 2.05) is 18.2 Å². The Morgan fingerprint density at radius 2 is 1.78 bits per heavy atom. The van der Waals surface area contributed by atoms with Crippen LogP contribution in [-0.4, -0.2) is 23.8 Å². The van der Waals surface area contributed by atoms with Crippen LogP contribution in [0.15, 0.2) is 42.5 Å². The van der Waals surface area contributed by atoms with Crippen molar-refractivity contribution < 1.29 is 4.79 Å². The molecular formula is C19H19Cl2NO. The van der Waals surface area contributed by atoms with E-state index in [4.69, 9.17) is 23.2 Å². The second-order valence-corrected chi connectivity index (χ2v) is 6.83. The van der Waals surface area contributed by atoms with E-state index in [2.05, 4.69) is 11.0 Å². The number of carbonyl (C=O) groups is 1. The Labute approximate surface area is 147 Å². The maximum Gasteiger partial charge on any atom is 0.194 e. The minimum Gasteiger partial charge on any atom is -0.299 e. The van der Waals surface area contributed by atoms with Crippen LogP contribution in [0.5, 0.6) is 0 Å². The Balaban J connectivity index is 1.81. The van der Waals surface area contributed by atoms with Crippen molar-refractivity contribution in [2.24, 2.45) is 0 Å². The van der Waals surface area contributed by atoms with Gasteiger partial charge in [-0.3, -0.25) is 9.69 Å². The first-order valence-corrected chi connectivity index (χ1v) is 8.70. The minimum atomic E-state index is -0.0852. The molecule has 0 saturated carbocycles. The number of rotatable bonds is 4. The number of likely N-dealkylation sites (tertiary alicyclic amines) is 1. The summed E-state index contributed by atoms with van der Waals surface area (Å²) in [5, 5.41) is 0.947. The molecule has 2 nitrogen and oxygen atoms in total. The molecule has 1 aliphatic heterocycles. The van der Waals surface area contributed by atoms with Crippen molar-refractivity contribution in [2.45, 2.75) is 25.8 Å². The van der Waals surface area contributed by atoms with Gasteiger partial charge in [0.05, 0.1) is 5.02 Å². The van der Waals surface area contributed by atoms with E-state index in [-0.39, 0.29) is 5.78 Å². The Morgan fingerprint density at radius 3 is 2.57 bits per heavy atom. The number of hydrogen-bond donors (Lipinski definition) is 0. The number of halogens is 2. The van der Waals surface area contributed by atoms with Crippen LogP contribution in [0, 0.1) is 0 Å². The Kier molecular flexibility index (Phi) is 5.37. The second-order valence-electron chi connectivity index (χ2n) is 5.99. The Hall–Kier alpha value is -1.35. The Bertz CT molecular complexity index is 708. The van der Waals surface area contributed by atoms with Gasteiger partial charge in [0.2, 0.25) is 0 Å². The van der Waals surface area contributed by atoms with Crippen LogP contribution < -0.4 is 0 Å². The van der Waals surface area contributed by atoms with Gasteiger partial charge in [0, 0.05) is 22.7 Å². The highest BCUT2D eigenvalue weighted by atomic mass is 35.5. The van der Waals surface area contributed by atoms with E-state index in [0.717, 1.165) is 25.2 Å². The van der Waals surface area contributed by atoms with Crippen molar-refractivity contribution >= 4 is 29.0 Å². The molecule has 0 atom stereocenters. The van der Waals surface area contributed by atoms with Crippen LogP contribution in [0.2, 0.25) is 10.0 Å². The van der Waals surface area contributed by atoms with Crippen molar-refractivity contribution in [3.8, 4) is 0 Å². The summed E-state index contributed by atoms with van der Waals surface area (Å²) in [4.78, 5) is 15.2. The lowest BCUT2D eigenvalue weighted by Crippen LogP contribution is -2.29. The van der Waals surface area contributed by atoms with Gasteiger partial charge in [-0.2, -0.15) is 0 Å². The largest absolute Gasteiger partial charge is 0.299 e. The maximum absolute atomic E-state index is 12.7. The summed E-state index contributed by atoms with van der Waals surface area (Å²) < 4.78 is 0. The molecule has 0 aromatic heterocycles. The number of benzene rings is 2. The molecule has 0 radical (unpaired) electrons. The minimum absolute atomic E-state index is 0.0852. The summed E-state index contributed by atoms with van der Waals surface area (Å²) in [7, 11) is 0. The molecular weight excluding hydrogens is 329 g/mol. The Morgan fingerprint density at radius 1 is 1.00 bits per heavy atom. The second kappa shape index (κ2) is 7.48. The summed E-state index contributed by atoms with van der Waals surface area (Å²) in [6, 6.07) is 12.8. The maximum atomic E-state index is 12.7. The monoisotopic (exact) mass is 347 g/mol. The van der Waals surface area contributed by atoms with Gasteiger partial charge < -0.3 is 0 Å². The molecule has 0 aliphatic carbocycles. The number of carbonyl (C=O) groups excluding carboxylic acids is 1. The molecule has 0 N–H and O–H groups in total. The summed E-state index contributed by atoms with van der Waals surface area (Å²) in [6.45, 7) is 3.17. The van der Waals surface area contributed by atoms with Gasteiger partial charge >= 0.3 is 0 Å². The first kappa shape index (κ1) is 16.5. The third kappa shape index (κ3) is 4.14. The lowest BCUT2D eigenvalue weighted by molar-refractivity contribution is 0.103. The third-order valence-electron chi connectivity index (χ3n) is 4.22. The van der Waals surface area contributed by atoms with Gasteiger partial charge in [0.25, 0.3) is 0 Å². The third-order valence-corrected chi connectivity index (χ3v) is 4.78. The first-order chi connectivity index (χ1) is 11.1. The number of ketones is 1.